The second-order valence-electron chi connectivity index (χ2n) is 8.12. The van der Waals surface area contributed by atoms with Gasteiger partial charge in [-0.25, -0.2) is 0 Å². The third-order valence-electron chi connectivity index (χ3n) is 6.14. The number of benzene rings is 1. The maximum absolute atomic E-state index is 12.7. The second kappa shape index (κ2) is 13.1. The number of hydrogen-bond acceptors (Lipinski definition) is 4. The van der Waals surface area contributed by atoms with Crippen LogP contribution >= 0.6 is 24.0 Å². The number of carbonyl (C=O) groups excluding carboxylic acids is 1. The highest BCUT2D eigenvalue weighted by atomic mass is 127. The van der Waals surface area contributed by atoms with Gasteiger partial charge in [0.05, 0.1) is 12.6 Å². The maximum atomic E-state index is 12.7. The quantitative estimate of drug-likeness (QED) is 0.326. The zero-order valence-corrected chi connectivity index (χ0v) is 21.5. The SMILES string of the molecule is CCC(CNC(=NC)N1CCN(C(C)C(=O)N2CCCC2)CC1)Oc1ccccc1.I. The van der Waals surface area contributed by atoms with Crippen LogP contribution in [0.15, 0.2) is 35.3 Å². The minimum absolute atomic E-state index is 0. The molecule has 7 nitrogen and oxygen atoms in total. The fourth-order valence-electron chi connectivity index (χ4n) is 4.18. The number of aliphatic imine (C=N–C) groups is 1. The van der Waals surface area contributed by atoms with E-state index in [0.717, 1.165) is 70.2 Å². The minimum atomic E-state index is -0.0380. The Balaban J connectivity index is 0.00000341. The summed E-state index contributed by atoms with van der Waals surface area (Å²) in [6.07, 6.45) is 3.29. The van der Waals surface area contributed by atoms with Crippen molar-refractivity contribution in [2.24, 2.45) is 4.99 Å². The molecule has 0 aliphatic carbocycles. The highest BCUT2D eigenvalue weighted by molar-refractivity contribution is 14.0. The van der Waals surface area contributed by atoms with E-state index in [2.05, 4.69) is 34.0 Å². The van der Waals surface area contributed by atoms with Crippen LogP contribution in [-0.2, 0) is 4.79 Å². The minimum Gasteiger partial charge on any atom is -0.489 e. The van der Waals surface area contributed by atoms with E-state index in [9.17, 15) is 4.79 Å². The zero-order chi connectivity index (χ0) is 21.3. The van der Waals surface area contributed by atoms with Crippen LogP contribution < -0.4 is 10.1 Å². The van der Waals surface area contributed by atoms with E-state index in [1.807, 2.05) is 42.3 Å². The molecule has 1 aromatic carbocycles. The highest BCUT2D eigenvalue weighted by Gasteiger charge is 2.30. The lowest BCUT2D eigenvalue weighted by Gasteiger charge is -2.39. The molecule has 2 fully saturated rings. The molecule has 1 amide bonds. The first kappa shape index (κ1) is 25.7. The molecule has 0 saturated carbocycles. The van der Waals surface area contributed by atoms with Crippen molar-refractivity contribution in [1.29, 1.82) is 0 Å². The van der Waals surface area contributed by atoms with Crippen LogP contribution in [0.5, 0.6) is 5.75 Å². The van der Waals surface area contributed by atoms with Crippen molar-refractivity contribution in [2.75, 3.05) is 52.9 Å². The van der Waals surface area contributed by atoms with Gasteiger partial charge in [0.1, 0.15) is 11.9 Å². The molecule has 31 heavy (non-hydrogen) atoms. The van der Waals surface area contributed by atoms with Gasteiger partial charge < -0.3 is 19.9 Å². The third kappa shape index (κ3) is 7.24. The molecule has 2 aliphatic heterocycles. The number of para-hydroxylation sites is 1. The molecular weight excluding hydrogens is 505 g/mol. The van der Waals surface area contributed by atoms with Crippen molar-refractivity contribution in [3.05, 3.63) is 30.3 Å². The van der Waals surface area contributed by atoms with Crippen LogP contribution in [0.3, 0.4) is 0 Å². The molecule has 2 aliphatic rings. The monoisotopic (exact) mass is 543 g/mol. The van der Waals surface area contributed by atoms with Crippen molar-refractivity contribution in [2.45, 2.75) is 45.3 Å². The Labute approximate surface area is 204 Å². The molecule has 174 valence electrons. The van der Waals surface area contributed by atoms with Gasteiger partial charge in [-0.1, -0.05) is 25.1 Å². The van der Waals surface area contributed by atoms with Crippen LogP contribution in [0.1, 0.15) is 33.1 Å². The molecule has 0 radical (unpaired) electrons. The summed E-state index contributed by atoms with van der Waals surface area (Å²) >= 11 is 0. The molecule has 2 atom stereocenters. The number of likely N-dealkylation sites (tertiary alicyclic amines) is 1. The lowest BCUT2D eigenvalue weighted by Crippen LogP contribution is -2.57. The van der Waals surface area contributed by atoms with Crippen molar-refractivity contribution >= 4 is 35.8 Å². The molecule has 2 heterocycles. The standard InChI is InChI=1S/C23H37N5O2.HI/c1-4-20(30-21-10-6-5-7-11-21)18-25-23(24-3)28-16-14-26(15-17-28)19(2)22(29)27-12-8-9-13-27;/h5-7,10-11,19-20H,4,8-9,12-18H2,1-3H3,(H,24,25);1H. The maximum Gasteiger partial charge on any atom is 0.239 e. The summed E-state index contributed by atoms with van der Waals surface area (Å²) in [5.74, 6) is 2.09. The Morgan fingerprint density at radius 1 is 1.06 bits per heavy atom. The summed E-state index contributed by atoms with van der Waals surface area (Å²) in [5, 5.41) is 3.48. The largest absolute Gasteiger partial charge is 0.489 e. The Kier molecular flexibility index (Phi) is 10.9. The summed E-state index contributed by atoms with van der Waals surface area (Å²) in [7, 11) is 1.83. The first-order valence-corrected chi connectivity index (χ1v) is 11.3. The Hall–Kier alpha value is -1.55. The molecule has 0 bridgehead atoms. The molecule has 2 saturated heterocycles. The molecule has 0 spiro atoms. The van der Waals surface area contributed by atoms with Gasteiger partial charge in [0.2, 0.25) is 5.91 Å². The third-order valence-corrected chi connectivity index (χ3v) is 6.14. The predicted molar refractivity (Wildman–Crippen MR) is 136 cm³/mol. The fraction of sp³-hybridized carbons (Fsp3) is 0.652. The van der Waals surface area contributed by atoms with Crippen LogP contribution in [-0.4, -0.2) is 91.6 Å². The van der Waals surface area contributed by atoms with Gasteiger partial charge in [-0.3, -0.25) is 14.7 Å². The van der Waals surface area contributed by atoms with Gasteiger partial charge in [-0.2, -0.15) is 0 Å². The summed E-state index contributed by atoms with van der Waals surface area (Å²) in [4.78, 5) is 23.8. The number of hydrogen-bond donors (Lipinski definition) is 1. The molecule has 2 unspecified atom stereocenters. The van der Waals surface area contributed by atoms with E-state index < -0.39 is 0 Å². The molecule has 1 aromatic rings. The summed E-state index contributed by atoms with van der Waals surface area (Å²) in [5.41, 5.74) is 0. The summed E-state index contributed by atoms with van der Waals surface area (Å²) in [6.45, 7) is 10.2. The van der Waals surface area contributed by atoms with Gasteiger partial charge in [0, 0.05) is 46.3 Å². The number of nitrogens with zero attached hydrogens (tertiary/aromatic N) is 4. The average molecular weight is 543 g/mol. The van der Waals surface area contributed by atoms with E-state index in [1.54, 1.807) is 0 Å². The number of rotatable bonds is 7. The smallest absolute Gasteiger partial charge is 0.239 e. The Morgan fingerprint density at radius 2 is 1.71 bits per heavy atom. The number of guanidine groups is 1. The topological polar surface area (TPSA) is 60.4 Å². The Bertz CT molecular complexity index is 688. The summed E-state index contributed by atoms with van der Waals surface area (Å²) in [6, 6.07) is 9.91. The number of amides is 1. The van der Waals surface area contributed by atoms with Crippen molar-refractivity contribution < 1.29 is 9.53 Å². The van der Waals surface area contributed by atoms with E-state index in [4.69, 9.17) is 4.74 Å². The average Bonchev–Trinajstić information content (AvgIpc) is 3.34. The number of carbonyl (C=O) groups is 1. The first-order valence-electron chi connectivity index (χ1n) is 11.3. The highest BCUT2D eigenvalue weighted by Crippen LogP contribution is 2.15. The normalized spacial score (nSPS) is 19.5. The number of halogens is 1. The second-order valence-corrected chi connectivity index (χ2v) is 8.12. The lowest BCUT2D eigenvalue weighted by atomic mass is 10.2. The number of nitrogens with one attached hydrogen (secondary N) is 1. The summed E-state index contributed by atoms with van der Waals surface area (Å²) < 4.78 is 6.08. The predicted octanol–water partition coefficient (Wildman–Crippen LogP) is 2.67. The van der Waals surface area contributed by atoms with Gasteiger partial charge in [-0.05, 0) is 38.3 Å². The van der Waals surface area contributed by atoms with Crippen LogP contribution in [0.2, 0.25) is 0 Å². The van der Waals surface area contributed by atoms with Crippen LogP contribution in [0.25, 0.3) is 0 Å². The van der Waals surface area contributed by atoms with Gasteiger partial charge in [0.15, 0.2) is 5.96 Å². The molecule has 0 aromatic heterocycles. The van der Waals surface area contributed by atoms with Gasteiger partial charge in [-0.15, -0.1) is 24.0 Å². The number of ether oxygens (including phenoxy) is 1. The van der Waals surface area contributed by atoms with E-state index in [0.29, 0.717) is 6.54 Å². The van der Waals surface area contributed by atoms with Crippen molar-refractivity contribution in [3.8, 4) is 5.75 Å². The van der Waals surface area contributed by atoms with E-state index in [1.165, 1.54) is 0 Å². The van der Waals surface area contributed by atoms with Crippen molar-refractivity contribution in [3.63, 3.8) is 0 Å². The van der Waals surface area contributed by atoms with Gasteiger partial charge in [0.25, 0.3) is 0 Å². The van der Waals surface area contributed by atoms with E-state index in [-0.39, 0.29) is 42.0 Å². The van der Waals surface area contributed by atoms with E-state index >= 15 is 0 Å². The molecular formula is C23H38IN5O2. The lowest BCUT2D eigenvalue weighted by molar-refractivity contribution is -0.135. The fourth-order valence-corrected chi connectivity index (χ4v) is 4.18. The van der Waals surface area contributed by atoms with Crippen LogP contribution in [0, 0.1) is 0 Å². The molecule has 1 N–H and O–H groups in total. The zero-order valence-electron chi connectivity index (χ0n) is 19.1. The Morgan fingerprint density at radius 3 is 2.29 bits per heavy atom. The number of piperazine rings is 1. The first-order chi connectivity index (χ1) is 14.6. The van der Waals surface area contributed by atoms with Crippen LogP contribution in [0.4, 0.5) is 0 Å². The van der Waals surface area contributed by atoms with Gasteiger partial charge >= 0.3 is 0 Å². The molecule has 8 heteroatoms. The van der Waals surface area contributed by atoms with Crippen molar-refractivity contribution in [1.82, 2.24) is 20.0 Å². The molecule has 3 rings (SSSR count).